The van der Waals surface area contributed by atoms with E-state index in [2.05, 4.69) is 5.32 Å². The third-order valence-corrected chi connectivity index (χ3v) is 2.65. The lowest BCUT2D eigenvalue weighted by molar-refractivity contribution is -0.385. The first kappa shape index (κ1) is 13.9. The van der Waals surface area contributed by atoms with Crippen LogP contribution in [0.3, 0.4) is 0 Å². The summed E-state index contributed by atoms with van der Waals surface area (Å²) in [5.74, 6) is 0. The lowest BCUT2D eigenvalue weighted by Crippen LogP contribution is -2.35. The third kappa shape index (κ3) is 3.64. The van der Waals surface area contributed by atoms with E-state index in [1.165, 1.54) is 12.1 Å². The molecule has 0 atom stereocenters. The minimum atomic E-state index is -0.522. The van der Waals surface area contributed by atoms with Crippen LogP contribution in [0.2, 0.25) is 5.02 Å². The number of halogens is 1. The second-order valence-electron chi connectivity index (χ2n) is 3.44. The molecule has 0 heterocycles. The highest BCUT2D eigenvalue weighted by Gasteiger charge is 2.17. The molecule has 3 N–H and O–H groups in total. The van der Waals surface area contributed by atoms with Crippen LogP contribution in [0.15, 0.2) is 18.2 Å². The van der Waals surface area contributed by atoms with E-state index in [-0.39, 0.29) is 30.5 Å². The van der Waals surface area contributed by atoms with Crippen molar-refractivity contribution in [3.05, 3.63) is 38.9 Å². The van der Waals surface area contributed by atoms with Gasteiger partial charge in [-0.3, -0.25) is 10.1 Å². The van der Waals surface area contributed by atoms with E-state index in [1.807, 2.05) is 0 Å². The molecule has 1 aromatic rings. The summed E-state index contributed by atoms with van der Waals surface area (Å²) in [5, 5.41) is 31.6. The molecule has 0 fully saturated rings. The Balaban J connectivity index is 2.85. The quantitative estimate of drug-likeness (QED) is 0.517. The zero-order chi connectivity index (χ0) is 12.8. The van der Waals surface area contributed by atoms with Crippen molar-refractivity contribution >= 4 is 17.3 Å². The summed E-state index contributed by atoms with van der Waals surface area (Å²) in [6, 6.07) is 3.89. The van der Waals surface area contributed by atoms with E-state index in [1.54, 1.807) is 6.07 Å². The normalized spacial score (nSPS) is 10.8. The molecule has 0 aliphatic rings. The minimum absolute atomic E-state index is 0.0837. The summed E-state index contributed by atoms with van der Waals surface area (Å²) < 4.78 is 0. The monoisotopic (exact) mass is 260 g/mol. The summed E-state index contributed by atoms with van der Waals surface area (Å²) in [6.45, 7) is -0.398. The molecule has 0 spiro atoms. The standard InChI is InChI=1S/C10H13ClN2O4/c11-9-2-1-3-10(13(16)17)8(9)4-12-7(5-14)6-15/h1-3,7,12,14-15H,4-6H2. The van der Waals surface area contributed by atoms with Crippen molar-refractivity contribution in [3.63, 3.8) is 0 Å². The van der Waals surface area contributed by atoms with Crippen molar-refractivity contribution in [1.29, 1.82) is 0 Å². The summed E-state index contributed by atoms with van der Waals surface area (Å²) in [6.07, 6.45) is 0. The van der Waals surface area contributed by atoms with Crippen LogP contribution < -0.4 is 5.32 Å². The second kappa shape index (κ2) is 6.51. The highest BCUT2D eigenvalue weighted by molar-refractivity contribution is 6.31. The summed E-state index contributed by atoms with van der Waals surface area (Å²) in [5.41, 5.74) is 0.255. The number of hydrogen-bond acceptors (Lipinski definition) is 5. The van der Waals surface area contributed by atoms with Gasteiger partial charge in [0, 0.05) is 12.6 Å². The maximum atomic E-state index is 10.8. The fourth-order valence-electron chi connectivity index (χ4n) is 1.33. The summed E-state index contributed by atoms with van der Waals surface area (Å²) in [7, 11) is 0. The van der Waals surface area contributed by atoms with Crippen molar-refractivity contribution < 1.29 is 15.1 Å². The second-order valence-corrected chi connectivity index (χ2v) is 3.84. The number of nitrogens with one attached hydrogen (secondary N) is 1. The van der Waals surface area contributed by atoms with Gasteiger partial charge in [-0.25, -0.2) is 0 Å². The highest BCUT2D eigenvalue weighted by atomic mass is 35.5. The molecule has 0 radical (unpaired) electrons. The van der Waals surface area contributed by atoms with Crippen LogP contribution in [0, 0.1) is 10.1 Å². The zero-order valence-electron chi connectivity index (χ0n) is 8.97. The summed E-state index contributed by atoms with van der Waals surface area (Å²) >= 11 is 5.87. The molecule has 7 heteroatoms. The Morgan fingerprint density at radius 1 is 1.41 bits per heavy atom. The predicted molar refractivity (Wildman–Crippen MR) is 62.9 cm³/mol. The van der Waals surface area contributed by atoms with Gasteiger partial charge in [0.15, 0.2) is 0 Å². The van der Waals surface area contributed by atoms with Crippen LogP contribution in [0.5, 0.6) is 0 Å². The first-order valence-electron chi connectivity index (χ1n) is 4.97. The van der Waals surface area contributed by atoms with Crippen LogP contribution in [-0.2, 0) is 6.54 Å². The molecule has 1 rings (SSSR count). The van der Waals surface area contributed by atoms with E-state index in [0.29, 0.717) is 5.56 Å². The van der Waals surface area contributed by atoms with E-state index < -0.39 is 11.0 Å². The predicted octanol–water partition coefficient (Wildman–Crippen LogP) is 0.691. The van der Waals surface area contributed by atoms with Crippen LogP contribution in [0.1, 0.15) is 5.56 Å². The Morgan fingerprint density at radius 3 is 2.59 bits per heavy atom. The molecule has 6 nitrogen and oxygen atoms in total. The van der Waals surface area contributed by atoms with Gasteiger partial charge in [0.1, 0.15) is 0 Å². The van der Waals surface area contributed by atoms with Gasteiger partial charge in [0.25, 0.3) is 5.69 Å². The van der Waals surface area contributed by atoms with E-state index in [0.717, 1.165) is 0 Å². The largest absolute Gasteiger partial charge is 0.395 e. The number of nitro groups is 1. The number of rotatable bonds is 6. The summed E-state index contributed by atoms with van der Waals surface area (Å²) in [4.78, 5) is 10.3. The Kier molecular flexibility index (Phi) is 5.30. The highest BCUT2D eigenvalue weighted by Crippen LogP contribution is 2.25. The molecular weight excluding hydrogens is 248 g/mol. The van der Waals surface area contributed by atoms with Crippen LogP contribution in [0.4, 0.5) is 5.69 Å². The van der Waals surface area contributed by atoms with Gasteiger partial charge >= 0.3 is 0 Å². The van der Waals surface area contributed by atoms with Crippen LogP contribution in [0.25, 0.3) is 0 Å². The fourth-order valence-corrected chi connectivity index (χ4v) is 1.56. The Labute approximate surface area is 103 Å². The molecule has 0 saturated heterocycles. The van der Waals surface area contributed by atoms with Gasteiger partial charge in [-0.1, -0.05) is 17.7 Å². The van der Waals surface area contributed by atoms with E-state index in [9.17, 15) is 10.1 Å². The molecular formula is C10H13ClN2O4. The van der Waals surface area contributed by atoms with Crippen molar-refractivity contribution in [2.45, 2.75) is 12.6 Å². The SMILES string of the molecule is O=[N+]([O-])c1cccc(Cl)c1CNC(CO)CO. The molecule has 0 saturated carbocycles. The Bertz CT molecular complexity index is 396. The molecule has 0 aliphatic heterocycles. The average Bonchev–Trinajstić information content (AvgIpc) is 2.31. The van der Waals surface area contributed by atoms with Crippen molar-refractivity contribution in [2.24, 2.45) is 0 Å². The maximum absolute atomic E-state index is 10.8. The van der Waals surface area contributed by atoms with E-state index in [4.69, 9.17) is 21.8 Å². The third-order valence-electron chi connectivity index (χ3n) is 2.30. The zero-order valence-corrected chi connectivity index (χ0v) is 9.72. The van der Waals surface area contributed by atoms with Gasteiger partial charge < -0.3 is 15.5 Å². The van der Waals surface area contributed by atoms with Gasteiger partial charge in [-0.15, -0.1) is 0 Å². The lowest BCUT2D eigenvalue weighted by Gasteiger charge is -2.13. The number of aliphatic hydroxyl groups excluding tert-OH is 2. The topological polar surface area (TPSA) is 95.6 Å². The Morgan fingerprint density at radius 2 is 2.06 bits per heavy atom. The maximum Gasteiger partial charge on any atom is 0.275 e. The minimum Gasteiger partial charge on any atom is -0.395 e. The van der Waals surface area contributed by atoms with Crippen molar-refractivity contribution in [2.75, 3.05) is 13.2 Å². The lowest BCUT2D eigenvalue weighted by atomic mass is 10.1. The number of aliphatic hydroxyl groups is 2. The first-order valence-corrected chi connectivity index (χ1v) is 5.34. The van der Waals surface area contributed by atoms with Crippen LogP contribution >= 0.6 is 11.6 Å². The molecule has 0 bridgehead atoms. The van der Waals surface area contributed by atoms with Crippen LogP contribution in [-0.4, -0.2) is 34.4 Å². The molecule has 0 amide bonds. The number of benzene rings is 1. The van der Waals surface area contributed by atoms with Gasteiger partial charge in [-0.2, -0.15) is 0 Å². The number of hydrogen-bond donors (Lipinski definition) is 3. The van der Waals surface area contributed by atoms with Gasteiger partial charge in [0.05, 0.1) is 34.8 Å². The smallest absolute Gasteiger partial charge is 0.275 e. The van der Waals surface area contributed by atoms with Crippen molar-refractivity contribution in [3.8, 4) is 0 Å². The average molecular weight is 261 g/mol. The van der Waals surface area contributed by atoms with Gasteiger partial charge in [-0.05, 0) is 6.07 Å². The number of nitrogens with zero attached hydrogens (tertiary/aromatic N) is 1. The van der Waals surface area contributed by atoms with Crippen molar-refractivity contribution in [1.82, 2.24) is 5.32 Å². The molecule has 94 valence electrons. The molecule has 1 aromatic carbocycles. The molecule has 0 aromatic heterocycles. The number of nitro benzene ring substituents is 1. The Hall–Kier alpha value is -1.21. The molecule has 17 heavy (non-hydrogen) atoms. The molecule has 0 unspecified atom stereocenters. The fraction of sp³-hybridized carbons (Fsp3) is 0.400. The first-order chi connectivity index (χ1) is 8.10. The molecule has 0 aliphatic carbocycles. The van der Waals surface area contributed by atoms with E-state index >= 15 is 0 Å². The van der Waals surface area contributed by atoms with Gasteiger partial charge in [0.2, 0.25) is 0 Å².